The van der Waals surface area contributed by atoms with Gasteiger partial charge < -0.3 is 14.3 Å². The molecule has 4 atom stereocenters. The summed E-state index contributed by atoms with van der Waals surface area (Å²) in [6.07, 6.45) is 0.0962. The molecule has 1 saturated heterocycles. The maximum atomic E-state index is 11.1. The average Bonchev–Trinajstić information content (AvgIpc) is 2.39. The number of carbonyl (C=O) groups excluding carboxylic acids is 1. The molecule has 0 saturated carbocycles. The van der Waals surface area contributed by atoms with Crippen molar-refractivity contribution in [2.45, 2.75) is 39.3 Å². The monoisotopic (exact) mass is 248 g/mol. The summed E-state index contributed by atoms with van der Waals surface area (Å²) in [5.41, 5.74) is 0.960. The Morgan fingerprint density at radius 2 is 1.83 bits per heavy atom. The van der Waals surface area contributed by atoms with Crippen LogP contribution in [0.5, 0.6) is 0 Å². The minimum Gasteiger partial charge on any atom is -0.344 e. The van der Waals surface area contributed by atoms with Crippen molar-refractivity contribution in [2.24, 2.45) is 11.8 Å². The first-order valence-corrected chi connectivity index (χ1v) is 6.44. The molecular weight excluding hydrogens is 228 g/mol. The van der Waals surface area contributed by atoms with Gasteiger partial charge in [0, 0.05) is 11.5 Å². The van der Waals surface area contributed by atoms with Gasteiger partial charge in [-0.15, -0.1) is 0 Å². The van der Waals surface area contributed by atoms with Gasteiger partial charge in [-0.3, -0.25) is 0 Å². The van der Waals surface area contributed by atoms with E-state index in [1.165, 1.54) is 0 Å². The number of aldehydes is 1. The van der Waals surface area contributed by atoms with E-state index in [-0.39, 0.29) is 12.0 Å². The van der Waals surface area contributed by atoms with E-state index in [9.17, 15) is 4.79 Å². The number of hydrogen-bond acceptors (Lipinski definition) is 3. The zero-order chi connectivity index (χ0) is 13.1. The Hall–Kier alpha value is -1.19. The maximum absolute atomic E-state index is 11.1. The first kappa shape index (κ1) is 13.2. The molecule has 3 nitrogen and oxygen atoms in total. The molecular formula is C15H20O3. The first-order chi connectivity index (χ1) is 8.63. The lowest BCUT2D eigenvalue weighted by Gasteiger charge is -2.40. The number of rotatable bonds is 3. The molecule has 0 N–H and O–H groups in total. The van der Waals surface area contributed by atoms with Crippen LogP contribution in [0.3, 0.4) is 0 Å². The van der Waals surface area contributed by atoms with Crippen LogP contribution in [0.4, 0.5) is 0 Å². The number of hydrogen-bond donors (Lipinski definition) is 0. The lowest BCUT2D eigenvalue weighted by molar-refractivity contribution is -0.269. The minimum atomic E-state index is -0.440. The third-order valence-corrected chi connectivity index (χ3v) is 3.46. The van der Waals surface area contributed by atoms with E-state index in [0.717, 1.165) is 11.8 Å². The normalized spacial score (nSPS) is 32.4. The zero-order valence-electron chi connectivity index (χ0n) is 11.1. The van der Waals surface area contributed by atoms with Gasteiger partial charge in [0.2, 0.25) is 0 Å². The first-order valence-electron chi connectivity index (χ1n) is 6.44. The Morgan fingerprint density at radius 1 is 1.17 bits per heavy atom. The Kier molecular flexibility index (Phi) is 4.15. The van der Waals surface area contributed by atoms with Crippen LogP contribution < -0.4 is 0 Å². The van der Waals surface area contributed by atoms with Crippen molar-refractivity contribution in [3.63, 3.8) is 0 Å². The van der Waals surface area contributed by atoms with Gasteiger partial charge in [-0.2, -0.15) is 0 Å². The molecule has 1 aliphatic rings. The quantitative estimate of drug-likeness (QED) is 0.771. The molecule has 1 aromatic carbocycles. The van der Waals surface area contributed by atoms with E-state index in [2.05, 4.69) is 13.8 Å². The lowest BCUT2D eigenvalue weighted by Crippen LogP contribution is -2.44. The molecule has 0 spiro atoms. The standard InChI is InChI=1S/C15H20O3/c1-10(2)14-11(3)13(9-16)17-15(18-14)12-7-5-4-6-8-12/h4-11,13-15H,1-3H3/t11-,13-,14+,15-/m1/s1. The van der Waals surface area contributed by atoms with E-state index >= 15 is 0 Å². The van der Waals surface area contributed by atoms with Crippen molar-refractivity contribution in [1.29, 1.82) is 0 Å². The summed E-state index contributed by atoms with van der Waals surface area (Å²) in [6.45, 7) is 6.22. The van der Waals surface area contributed by atoms with Gasteiger partial charge in [0.25, 0.3) is 0 Å². The van der Waals surface area contributed by atoms with Gasteiger partial charge >= 0.3 is 0 Å². The Morgan fingerprint density at radius 3 is 2.39 bits per heavy atom. The average molecular weight is 248 g/mol. The minimum absolute atomic E-state index is 0.0409. The summed E-state index contributed by atoms with van der Waals surface area (Å²) < 4.78 is 11.7. The summed E-state index contributed by atoms with van der Waals surface area (Å²) in [6, 6.07) is 9.76. The third-order valence-electron chi connectivity index (χ3n) is 3.46. The van der Waals surface area contributed by atoms with E-state index in [0.29, 0.717) is 5.92 Å². The summed E-state index contributed by atoms with van der Waals surface area (Å²) in [5.74, 6) is 0.444. The van der Waals surface area contributed by atoms with Crippen LogP contribution in [0.25, 0.3) is 0 Å². The highest BCUT2D eigenvalue weighted by Gasteiger charge is 2.38. The number of carbonyl (C=O) groups is 1. The summed E-state index contributed by atoms with van der Waals surface area (Å²) in [7, 11) is 0. The van der Waals surface area contributed by atoms with Crippen molar-refractivity contribution in [1.82, 2.24) is 0 Å². The summed E-state index contributed by atoms with van der Waals surface area (Å²) in [4.78, 5) is 11.1. The lowest BCUT2D eigenvalue weighted by atomic mass is 9.89. The fourth-order valence-corrected chi connectivity index (χ4v) is 2.44. The van der Waals surface area contributed by atoms with Gasteiger partial charge in [-0.25, -0.2) is 0 Å². The SMILES string of the molecule is CC(C)[C@@H]1O[C@H](c2ccccc2)O[C@H](C=O)[C@H]1C. The molecule has 0 aliphatic carbocycles. The number of ether oxygens (including phenoxy) is 2. The van der Waals surface area contributed by atoms with Gasteiger partial charge in [0.15, 0.2) is 6.29 Å². The molecule has 98 valence electrons. The van der Waals surface area contributed by atoms with Crippen molar-refractivity contribution in [3.05, 3.63) is 35.9 Å². The van der Waals surface area contributed by atoms with Crippen LogP contribution in [-0.2, 0) is 14.3 Å². The Labute approximate surface area is 108 Å². The maximum Gasteiger partial charge on any atom is 0.185 e. The molecule has 0 radical (unpaired) electrons. The van der Waals surface area contributed by atoms with Crippen molar-refractivity contribution in [3.8, 4) is 0 Å². The van der Waals surface area contributed by atoms with Crippen LogP contribution in [-0.4, -0.2) is 18.5 Å². The molecule has 0 amide bonds. The Bertz CT molecular complexity index is 388. The second kappa shape index (κ2) is 5.63. The third kappa shape index (κ3) is 2.62. The highest BCUT2D eigenvalue weighted by molar-refractivity contribution is 5.57. The van der Waals surface area contributed by atoms with Gasteiger partial charge in [0.1, 0.15) is 12.4 Å². The molecule has 0 bridgehead atoms. The smallest absolute Gasteiger partial charge is 0.185 e. The van der Waals surface area contributed by atoms with Crippen LogP contribution in [0.1, 0.15) is 32.6 Å². The van der Waals surface area contributed by atoms with Crippen LogP contribution in [0, 0.1) is 11.8 Å². The van der Waals surface area contributed by atoms with E-state index in [1.807, 2.05) is 37.3 Å². The van der Waals surface area contributed by atoms with Crippen LogP contribution in [0.15, 0.2) is 30.3 Å². The zero-order valence-corrected chi connectivity index (χ0v) is 11.1. The molecule has 0 unspecified atom stereocenters. The molecule has 1 fully saturated rings. The van der Waals surface area contributed by atoms with Crippen LogP contribution in [0.2, 0.25) is 0 Å². The second-order valence-corrected chi connectivity index (χ2v) is 5.18. The molecule has 18 heavy (non-hydrogen) atoms. The fourth-order valence-electron chi connectivity index (χ4n) is 2.44. The number of benzene rings is 1. The molecule has 1 heterocycles. The predicted octanol–water partition coefficient (Wildman–Crippen LogP) is 2.96. The highest BCUT2D eigenvalue weighted by atomic mass is 16.7. The largest absolute Gasteiger partial charge is 0.344 e. The molecule has 2 rings (SSSR count). The van der Waals surface area contributed by atoms with E-state index in [4.69, 9.17) is 9.47 Å². The Balaban J connectivity index is 2.21. The van der Waals surface area contributed by atoms with E-state index in [1.54, 1.807) is 0 Å². The van der Waals surface area contributed by atoms with Crippen molar-refractivity contribution in [2.75, 3.05) is 0 Å². The fraction of sp³-hybridized carbons (Fsp3) is 0.533. The van der Waals surface area contributed by atoms with Gasteiger partial charge in [-0.05, 0) is 5.92 Å². The van der Waals surface area contributed by atoms with Gasteiger partial charge in [0.05, 0.1) is 6.10 Å². The van der Waals surface area contributed by atoms with Crippen molar-refractivity contribution < 1.29 is 14.3 Å². The highest BCUT2D eigenvalue weighted by Crippen LogP contribution is 2.35. The molecule has 1 aliphatic heterocycles. The van der Waals surface area contributed by atoms with Gasteiger partial charge in [-0.1, -0.05) is 51.1 Å². The summed E-state index contributed by atoms with van der Waals surface area (Å²) in [5, 5.41) is 0. The topological polar surface area (TPSA) is 35.5 Å². The second-order valence-electron chi connectivity index (χ2n) is 5.18. The molecule has 3 heteroatoms. The van der Waals surface area contributed by atoms with Crippen LogP contribution >= 0.6 is 0 Å². The predicted molar refractivity (Wildman–Crippen MR) is 69.0 cm³/mol. The molecule has 0 aromatic heterocycles. The van der Waals surface area contributed by atoms with Crippen molar-refractivity contribution >= 4 is 6.29 Å². The van der Waals surface area contributed by atoms with E-state index < -0.39 is 12.4 Å². The molecule has 1 aromatic rings. The summed E-state index contributed by atoms with van der Waals surface area (Å²) >= 11 is 0.